The Bertz CT molecular complexity index is 775. The van der Waals surface area contributed by atoms with E-state index in [-0.39, 0.29) is 5.97 Å². The van der Waals surface area contributed by atoms with Gasteiger partial charge in [0.05, 0.1) is 0 Å². The van der Waals surface area contributed by atoms with Crippen LogP contribution in [0.15, 0.2) is 85.0 Å². The van der Waals surface area contributed by atoms with Gasteiger partial charge in [-0.1, -0.05) is 73.8 Å². The molecule has 0 atom stereocenters. The molecule has 2 nitrogen and oxygen atoms in total. The van der Waals surface area contributed by atoms with Crippen LogP contribution in [0.2, 0.25) is 0 Å². The van der Waals surface area contributed by atoms with Crippen LogP contribution in [0, 0.1) is 30.8 Å². The van der Waals surface area contributed by atoms with Crippen molar-refractivity contribution in [3.8, 4) is 0 Å². The monoisotopic (exact) mass is 387 g/mol. The number of esters is 1. The Balaban J connectivity index is 1.91. The van der Waals surface area contributed by atoms with Crippen LogP contribution in [0.5, 0.6) is 0 Å². The minimum Gasteiger partial charge on any atom is -0.453 e. The summed E-state index contributed by atoms with van der Waals surface area (Å²) < 4.78 is 5.75. The van der Waals surface area contributed by atoms with Crippen LogP contribution < -0.4 is 10.6 Å². The summed E-state index contributed by atoms with van der Waals surface area (Å²) in [5.74, 6) is 0.265. The van der Waals surface area contributed by atoms with Crippen LogP contribution in [0.3, 0.4) is 0 Å². The second kappa shape index (κ2) is 9.34. The fourth-order valence-corrected chi connectivity index (χ4v) is 5.59. The van der Waals surface area contributed by atoms with Gasteiger partial charge in [-0.25, -0.2) is 0 Å². The van der Waals surface area contributed by atoms with Crippen molar-refractivity contribution in [2.24, 2.45) is 0 Å². The Morgan fingerprint density at radius 1 is 0.857 bits per heavy atom. The molecule has 5 radical (unpaired) electrons. The maximum Gasteiger partial charge on any atom is 0.315 e. The SMILES string of the molecule is C=C(C)C(OC(=O)[C]1[CH][CH][CH][C]1P(c1ccccc1)c1ccccc1)C(=C)C. The molecule has 3 rings (SSSR count). The number of hydrogen-bond acceptors (Lipinski definition) is 2. The quantitative estimate of drug-likeness (QED) is 0.383. The van der Waals surface area contributed by atoms with Crippen LogP contribution in [0.25, 0.3) is 0 Å². The van der Waals surface area contributed by atoms with Crippen molar-refractivity contribution < 1.29 is 9.53 Å². The Kier molecular flexibility index (Phi) is 6.86. The minimum atomic E-state index is -0.864. The van der Waals surface area contributed by atoms with E-state index >= 15 is 0 Å². The molecule has 1 fully saturated rings. The molecule has 1 saturated carbocycles. The highest BCUT2D eigenvalue weighted by molar-refractivity contribution is 7.76. The van der Waals surface area contributed by atoms with E-state index in [0.29, 0.717) is 5.92 Å². The third kappa shape index (κ3) is 4.62. The Hall–Kier alpha value is -2.18. The standard InChI is InChI=1S/C25H24O2P/c1-18(2)24(19(3)4)27-25(26)22-16-11-17-23(22)28(20-12-7-5-8-13-20)21-14-9-6-10-15-21/h5-17,24H,1,3H2,2,4H3. The molecule has 0 saturated heterocycles. The second-order valence-electron chi connectivity index (χ2n) is 6.81. The van der Waals surface area contributed by atoms with Gasteiger partial charge in [0.15, 0.2) is 0 Å². The van der Waals surface area contributed by atoms with Crippen molar-refractivity contribution in [3.63, 3.8) is 0 Å². The summed E-state index contributed by atoms with van der Waals surface area (Å²) in [4.78, 5) is 13.0. The van der Waals surface area contributed by atoms with Crippen LogP contribution in [-0.2, 0) is 9.53 Å². The first-order valence-electron chi connectivity index (χ1n) is 9.16. The molecule has 0 N–H and O–H groups in total. The predicted molar refractivity (Wildman–Crippen MR) is 118 cm³/mol. The van der Waals surface area contributed by atoms with E-state index in [0.717, 1.165) is 16.8 Å². The maximum absolute atomic E-state index is 13.0. The van der Waals surface area contributed by atoms with Crippen LogP contribution in [0.1, 0.15) is 13.8 Å². The van der Waals surface area contributed by atoms with Gasteiger partial charge in [-0.3, -0.25) is 4.79 Å². The van der Waals surface area contributed by atoms with E-state index in [1.807, 2.05) is 69.5 Å². The maximum atomic E-state index is 13.0. The third-order valence-corrected chi connectivity index (χ3v) is 6.90. The zero-order valence-corrected chi connectivity index (χ0v) is 17.2. The average molecular weight is 387 g/mol. The van der Waals surface area contributed by atoms with E-state index in [4.69, 9.17) is 4.74 Å². The lowest BCUT2D eigenvalue weighted by molar-refractivity contribution is -0.142. The van der Waals surface area contributed by atoms with Gasteiger partial charge in [-0.15, -0.1) is 0 Å². The van der Waals surface area contributed by atoms with Gasteiger partial charge in [-0.05, 0) is 62.8 Å². The fraction of sp³-hybridized carbons (Fsp3) is 0.120. The molecule has 0 bridgehead atoms. The summed E-state index contributed by atoms with van der Waals surface area (Å²) in [5.41, 5.74) is 2.53. The van der Waals surface area contributed by atoms with Crippen molar-refractivity contribution in [2.75, 3.05) is 0 Å². The van der Waals surface area contributed by atoms with E-state index in [1.165, 1.54) is 10.6 Å². The van der Waals surface area contributed by atoms with Crippen LogP contribution >= 0.6 is 7.92 Å². The lowest BCUT2D eigenvalue weighted by Gasteiger charge is -2.29. The molecule has 2 aromatic rings. The first-order chi connectivity index (χ1) is 13.5. The Morgan fingerprint density at radius 3 is 1.82 bits per heavy atom. The topological polar surface area (TPSA) is 26.3 Å². The summed E-state index contributed by atoms with van der Waals surface area (Å²) in [6.45, 7) is 11.6. The van der Waals surface area contributed by atoms with Crippen LogP contribution in [0.4, 0.5) is 0 Å². The number of hydrogen-bond donors (Lipinski definition) is 0. The smallest absolute Gasteiger partial charge is 0.315 e. The predicted octanol–water partition coefficient (Wildman–Crippen LogP) is 4.92. The van der Waals surface area contributed by atoms with E-state index < -0.39 is 14.0 Å². The first-order valence-corrected chi connectivity index (χ1v) is 10.5. The molecule has 1 aliphatic rings. The molecule has 0 amide bonds. The van der Waals surface area contributed by atoms with E-state index in [9.17, 15) is 4.79 Å². The molecule has 0 unspecified atom stereocenters. The first kappa shape index (κ1) is 20.6. The van der Waals surface area contributed by atoms with Gasteiger partial charge in [0, 0.05) is 5.66 Å². The zero-order valence-electron chi connectivity index (χ0n) is 16.3. The van der Waals surface area contributed by atoms with Gasteiger partial charge in [0.1, 0.15) is 12.0 Å². The highest BCUT2D eigenvalue weighted by Crippen LogP contribution is 2.56. The molecule has 0 aliphatic heterocycles. The van der Waals surface area contributed by atoms with Crippen molar-refractivity contribution in [1.82, 2.24) is 0 Å². The molecule has 3 heteroatoms. The number of ether oxygens (including phenoxy) is 1. The largest absolute Gasteiger partial charge is 0.453 e. The normalized spacial score (nSPS) is 15.1. The molecular weight excluding hydrogens is 363 g/mol. The number of carbonyl (C=O) groups is 1. The Morgan fingerprint density at radius 2 is 1.36 bits per heavy atom. The molecule has 2 aromatic carbocycles. The summed E-state index contributed by atoms with van der Waals surface area (Å²) >= 11 is 0. The summed E-state index contributed by atoms with van der Waals surface area (Å²) in [6.07, 6.45) is 5.31. The summed E-state index contributed by atoms with van der Waals surface area (Å²) in [6, 6.07) is 20.6. The van der Waals surface area contributed by atoms with Crippen molar-refractivity contribution in [1.29, 1.82) is 0 Å². The second-order valence-corrected chi connectivity index (χ2v) is 8.99. The lowest BCUT2D eigenvalue weighted by atomic mass is 10.1. The van der Waals surface area contributed by atoms with E-state index in [1.54, 1.807) is 0 Å². The lowest BCUT2D eigenvalue weighted by Crippen LogP contribution is -2.28. The summed E-state index contributed by atoms with van der Waals surface area (Å²) in [5, 5.41) is 2.39. The third-order valence-electron chi connectivity index (χ3n) is 4.40. The molecule has 1 aliphatic carbocycles. The van der Waals surface area contributed by atoms with Gasteiger partial charge in [0.2, 0.25) is 0 Å². The van der Waals surface area contributed by atoms with Gasteiger partial charge >= 0.3 is 5.97 Å². The molecular formula is C25H24O2P. The number of rotatable bonds is 7. The number of benzene rings is 2. The highest BCUT2D eigenvalue weighted by atomic mass is 31.1. The van der Waals surface area contributed by atoms with Crippen molar-refractivity contribution in [3.05, 3.63) is 116 Å². The molecule has 0 spiro atoms. The van der Waals surface area contributed by atoms with E-state index in [2.05, 4.69) is 37.4 Å². The zero-order chi connectivity index (χ0) is 20.1. The number of carbonyl (C=O) groups excluding carboxylic acids is 1. The van der Waals surface area contributed by atoms with Crippen LogP contribution in [-0.4, -0.2) is 12.1 Å². The molecule has 0 heterocycles. The molecule has 0 aromatic heterocycles. The summed E-state index contributed by atoms with van der Waals surface area (Å²) in [7, 11) is -0.864. The average Bonchev–Trinajstić information content (AvgIpc) is 3.17. The van der Waals surface area contributed by atoms with Crippen molar-refractivity contribution >= 4 is 24.5 Å². The van der Waals surface area contributed by atoms with Gasteiger partial charge in [-0.2, -0.15) is 0 Å². The van der Waals surface area contributed by atoms with Gasteiger partial charge in [0.25, 0.3) is 0 Å². The highest BCUT2D eigenvalue weighted by Gasteiger charge is 2.42. The molecule has 28 heavy (non-hydrogen) atoms. The fourth-order valence-electron chi connectivity index (χ4n) is 3.15. The Labute approximate surface area is 170 Å². The minimum absolute atomic E-state index is 0.338. The van der Waals surface area contributed by atoms with Crippen molar-refractivity contribution in [2.45, 2.75) is 20.0 Å². The molecule has 141 valence electrons. The van der Waals surface area contributed by atoms with Gasteiger partial charge < -0.3 is 4.74 Å².